The Bertz CT molecular complexity index is 997. The van der Waals surface area contributed by atoms with Crippen molar-refractivity contribution in [3.8, 4) is 11.4 Å². The van der Waals surface area contributed by atoms with E-state index in [1.54, 1.807) is 30.5 Å². The number of ether oxygens (including phenoxy) is 2. The smallest absolute Gasteiger partial charge is 0.363 e. The summed E-state index contributed by atoms with van der Waals surface area (Å²) in [7, 11) is 1.46. The van der Waals surface area contributed by atoms with E-state index in [0.717, 1.165) is 18.5 Å². The van der Waals surface area contributed by atoms with Gasteiger partial charge in [-0.15, -0.1) is 0 Å². The normalized spacial score (nSPS) is 14.1. The van der Waals surface area contributed by atoms with Crippen LogP contribution in [0.25, 0.3) is 5.69 Å². The Labute approximate surface area is 168 Å². The minimum absolute atomic E-state index is 0.0107. The summed E-state index contributed by atoms with van der Waals surface area (Å²) in [6.07, 6.45) is 2.43. The lowest BCUT2D eigenvalue weighted by Gasteiger charge is -2.17. The third kappa shape index (κ3) is 4.29. The molecule has 0 aliphatic heterocycles. The summed E-state index contributed by atoms with van der Waals surface area (Å²) in [5.41, 5.74) is 1.38. The van der Waals surface area contributed by atoms with Crippen LogP contribution < -0.4 is 10.1 Å². The van der Waals surface area contributed by atoms with Crippen LogP contribution in [0.15, 0.2) is 66.9 Å². The molecule has 1 saturated carbocycles. The first-order chi connectivity index (χ1) is 14.2. The van der Waals surface area contributed by atoms with Crippen molar-refractivity contribution < 1.29 is 19.1 Å². The van der Waals surface area contributed by atoms with Crippen LogP contribution in [0.5, 0.6) is 5.75 Å². The molecule has 1 N–H and O–H groups in total. The summed E-state index contributed by atoms with van der Waals surface area (Å²) in [6.45, 7) is 0. The van der Waals surface area contributed by atoms with Crippen LogP contribution in [0.4, 0.5) is 0 Å². The maximum atomic E-state index is 12.9. The number of aromatic nitrogens is 2. The Morgan fingerprint density at radius 2 is 1.72 bits per heavy atom. The van der Waals surface area contributed by atoms with Crippen molar-refractivity contribution in [2.24, 2.45) is 0 Å². The van der Waals surface area contributed by atoms with Gasteiger partial charge in [-0.05, 0) is 25.0 Å². The predicted octanol–water partition coefficient (Wildman–Crippen LogP) is 3.06. The average Bonchev–Trinajstić information content (AvgIpc) is 3.47. The van der Waals surface area contributed by atoms with E-state index in [1.807, 2.05) is 36.4 Å². The Morgan fingerprint density at radius 1 is 1.07 bits per heavy atom. The van der Waals surface area contributed by atoms with E-state index in [2.05, 4.69) is 10.4 Å². The van der Waals surface area contributed by atoms with Gasteiger partial charge in [0.1, 0.15) is 0 Å². The summed E-state index contributed by atoms with van der Waals surface area (Å²) in [6, 6.07) is 18.4. The van der Waals surface area contributed by atoms with E-state index in [-0.39, 0.29) is 23.4 Å². The number of para-hydroxylation sites is 1. The van der Waals surface area contributed by atoms with E-state index in [0.29, 0.717) is 5.56 Å². The van der Waals surface area contributed by atoms with Gasteiger partial charge >= 0.3 is 5.97 Å². The van der Waals surface area contributed by atoms with Crippen molar-refractivity contribution in [1.82, 2.24) is 15.1 Å². The van der Waals surface area contributed by atoms with Crippen molar-refractivity contribution in [1.29, 1.82) is 0 Å². The Kier molecular flexibility index (Phi) is 5.29. The standard InChI is InChI=1S/C22H21N3O4/c1-28-18-14-25(17-10-6-3-7-11-17)24-19(18)22(27)29-20(15-8-4-2-5-9-15)21(26)23-16-12-13-16/h2-11,14,16,20H,12-13H2,1H3,(H,23,26)/t20-/m0/s1. The van der Waals surface area contributed by atoms with Crippen molar-refractivity contribution in [2.45, 2.75) is 25.0 Å². The lowest BCUT2D eigenvalue weighted by atomic mass is 10.1. The van der Waals surface area contributed by atoms with E-state index in [1.165, 1.54) is 11.8 Å². The number of nitrogens with zero attached hydrogens (tertiary/aromatic N) is 2. The highest BCUT2D eigenvalue weighted by molar-refractivity contribution is 5.93. The number of esters is 1. The van der Waals surface area contributed by atoms with Gasteiger partial charge in [-0.25, -0.2) is 9.48 Å². The molecule has 29 heavy (non-hydrogen) atoms. The van der Waals surface area contributed by atoms with Gasteiger partial charge in [0.05, 0.1) is 19.0 Å². The van der Waals surface area contributed by atoms with Crippen LogP contribution in [0, 0.1) is 0 Å². The highest BCUT2D eigenvalue weighted by atomic mass is 16.6. The maximum Gasteiger partial charge on any atom is 0.363 e. The fraction of sp³-hybridized carbons (Fsp3) is 0.227. The topological polar surface area (TPSA) is 82.5 Å². The van der Waals surface area contributed by atoms with Crippen LogP contribution in [0.3, 0.4) is 0 Å². The molecule has 0 saturated heterocycles. The van der Waals surface area contributed by atoms with Crippen LogP contribution in [-0.4, -0.2) is 34.8 Å². The van der Waals surface area contributed by atoms with Gasteiger partial charge in [0.25, 0.3) is 5.91 Å². The molecule has 4 rings (SSSR count). The highest BCUT2D eigenvalue weighted by Gasteiger charge is 2.32. The number of rotatable bonds is 7. The quantitative estimate of drug-likeness (QED) is 0.626. The molecule has 1 amide bonds. The molecule has 148 valence electrons. The molecule has 0 bridgehead atoms. The number of carbonyl (C=O) groups is 2. The van der Waals surface area contributed by atoms with Gasteiger partial charge in [-0.3, -0.25) is 4.79 Å². The first kappa shape index (κ1) is 18.7. The molecule has 0 spiro atoms. The molecule has 1 aromatic heterocycles. The third-order valence-corrected chi connectivity index (χ3v) is 4.60. The molecular formula is C22H21N3O4. The summed E-state index contributed by atoms with van der Waals surface area (Å²) >= 11 is 0. The zero-order valence-electron chi connectivity index (χ0n) is 15.9. The molecule has 1 aliphatic carbocycles. The largest absolute Gasteiger partial charge is 0.493 e. The minimum atomic E-state index is -1.06. The maximum absolute atomic E-state index is 12.9. The molecule has 0 radical (unpaired) electrons. The molecule has 0 unspecified atom stereocenters. The fourth-order valence-electron chi connectivity index (χ4n) is 2.93. The molecule has 2 aromatic carbocycles. The average molecular weight is 391 g/mol. The van der Waals surface area contributed by atoms with Crippen molar-refractivity contribution in [2.75, 3.05) is 7.11 Å². The first-order valence-electron chi connectivity index (χ1n) is 9.41. The van der Waals surface area contributed by atoms with E-state index in [4.69, 9.17) is 9.47 Å². The van der Waals surface area contributed by atoms with Crippen molar-refractivity contribution in [3.63, 3.8) is 0 Å². The molecular weight excluding hydrogens is 370 g/mol. The molecule has 1 atom stereocenters. The molecule has 1 heterocycles. The molecule has 1 fully saturated rings. The fourth-order valence-corrected chi connectivity index (χ4v) is 2.93. The summed E-state index contributed by atoms with van der Waals surface area (Å²) in [5, 5.41) is 7.21. The summed E-state index contributed by atoms with van der Waals surface area (Å²) < 4.78 is 12.4. The lowest BCUT2D eigenvalue weighted by molar-refractivity contribution is -0.130. The molecule has 7 heteroatoms. The van der Waals surface area contributed by atoms with Crippen LogP contribution in [-0.2, 0) is 9.53 Å². The van der Waals surface area contributed by atoms with Gasteiger partial charge in [0, 0.05) is 11.6 Å². The van der Waals surface area contributed by atoms with Gasteiger partial charge in [-0.2, -0.15) is 5.10 Å². The Hall–Kier alpha value is -3.61. The number of methoxy groups -OCH3 is 1. The number of hydrogen-bond acceptors (Lipinski definition) is 5. The minimum Gasteiger partial charge on any atom is -0.493 e. The SMILES string of the molecule is COc1cn(-c2ccccc2)nc1C(=O)O[C@H](C(=O)NC1CC1)c1ccccc1. The second kappa shape index (κ2) is 8.18. The number of amides is 1. The van der Waals surface area contributed by atoms with E-state index >= 15 is 0 Å². The number of hydrogen-bond donors (Lipinski definition) is 1. The summed E-state index contributed by atoms with van der Waals surface area (Å²) in [4.78, 5) is 25.6. The zero-order chi connectivity index (χ0) is 20.2. The molecule has 1 aliphatic rings. The van der Waals surface area contributed by atoms with Gasteiger partial charge in [0.15, 0.2) is 5.75 Å². The van der Waals surface area contributed by atoms with Crippen LogP contribution in [0.2, 0.25) is 0 Å². The van der Waals surface area contributed by atoms with Gasteiger partial charge in [0.2, 0.25) is 11.8 Å². The third-order valence-electron chi connectivity index (χ3n) is 4.60. The number of carbonyl (C=O) groups excluding carboxylic acids is 2. The number of benzene rings is 2. The summed E-state index contributed by atoms with van der Waals surface area (Å²) in [5.74, 6) is -0.793. The molecule has 7 nitrogen and oxygen atoms in total. The first-order valence-corrected chi connectivity index (χ1v) is 9.41. The van der Waals surface area contributed by atoms with E-state index < -0.39 is 12.1 Å². The Morgan fingerprint density at radius 3 is 2.34 bits per heavy atom. The highest BCUT2D eigenvalue weighted by Crippen LogP contribution is 2.26. The van der Waals surface area contributed by atoms with E-state index in [9.17, 15) is 9.59 Å². The monoisotopic (exact) mass is 391 g/mol. The van der Waals surface area contributed by atoms with Crippen LogP contribution in [0.1, 0.15) is 35.0 Å². The van der Waals surface area contributed by atoms with Gasteiger partial charge < -0.3 is 14.8 Å². The second-order valence-electron chi connectivity index (χ2n) is 6.81. The lowest BCUT2D eigenvalue weighted by Crippen LogP contribution is -2.33. The molecule has 3 aromatic rings. The Balaban J connectivity index is 1.60. The number of nitrogens with one attached hydrogen (secondary N) is 1. The predicted molar refractivity (Wildman–Crippen MR) is 106 cm³/mol. The second-order valence-corrected chi connectivity index (χ2v) is 6.81. The van der Waals surface area contributed by atoms with Crippen LogP contribution >= 0.6 is 0 Å². The van der Waals surface area contributed by atoms with Crippen molar-refractivity contribution in [3.05, 3.63) is 78.1 Å². The van der Waals surface area contributed by atoms with Crippen molar-refractivity contribution >= 4 is 11.9 Å². The zero-order valence-corrected chi connectivity index (χ0v) is 15.9. The van der Waals surface area contributed by atoms with Gasteiger partial charge in [-0.1, -0.05) is 48.5 Å².